The summed E-state index contributed by atoms with van der Waals surface area (Å²) in [5.74, 6) is 1.94. The number of anilines is 2. The molecule has 0 atom stereocenters. The second-order valence-corrected chi connectivity index (χ2v) is 11.0. The Hall–Kier alpha value is -3.77. The summed E-state index contributed by atoms with van der Waals surface area (Å²) in [5.41, 5.74) is 9.21. The molecule has 2 heterocycles. The van der Waals surface area contributed by atoms with E-state index in [-0.39, 0.29) is 5.92 Å². The van der Waals surface area contributed by atoms with Crippen molar-refractivity contribution < 1.29 is 4.74 Å². The van der Waals surface area contributed by atoms with Crippen LogP contribution in [-0.4, -0.2) is 24.3 Å². The Labute approximate surface area is 228 Å². The fourth-order valence-electron chi connectivity index (χ4n) is 5.54. The summed E-state index contributed by atoms with van der Waals surface area (Å²) in [6.07, 6.45) is 10.2. The third-order valence-electron chi connectivity index (χ3n) is 7.32. The summed E-state index contributed by atoms with van der Waals surface area (Å²) < 4.78 is 6.18. The summed E-state index contributed by atoms with van der Waals surface area (Å²) >= 11 is 1.77. The van der Waals surface area contributed by atoms with Crippen LogP contribution in [0, 0.1) is 19.8 Å². The summed E-state index contributed by atoms with van der Waals surface area (Å²) in [6, 6.07) is 17.5. The molecule has 1 spiro atoms. The molecule has 0 saturated heterocycles. The van der Waals surface area contributed by atoms with Crippen LogP contribution < -0.4 is 15.4 Å². The van der Waals surface area contributed by atoms with Crippen molar-refractivity contribution in [1.82, 2.24) is 0 Å². The number of hydrogen-bond donors (Lipinski definition) is 2. The van der Waals surface area contributed by atoms with Crippen molar-refractivity contribution in [3.63, 3.8) is 0 Å². The molecule has 0 bridgehead atoms. The van der Waals surface area contributed by atoms with Crippen LogP contribution >= 0.6 is 11.8 Å². The van der Waals surface area contributed by atoms with Crippen LogP contribution in [0.5, 0.6) is 11.5 Å². The number of thioether (sulfide) groups is 1. The normalized spacial score (nSPS) is 17.6. The van der Waals surface area contributed by atoms with Crippen LogP contribution in [0.3, 0.4) is 0 Å². The van der Waals surface area contributed by atoms with E-state index in [0.717, 1.165) is 57.7 Å². The van der Waals surface area contributed by atoms with Crippen LogP contribution in [0.25, 0.3) is 0 Å². The predicted molar refractivity (Wildman–Crippen MR) is 161 cm³/mol. The van der Waals surface area contributed by atoms with Crippen LogP contribution in [0.4, 0.5) is 11.4 Å². The zero-order valence-corrected chi connectivity index (χ0v) is 23.0. The van der Waals surface area contributed by atoms with Gasteiger partial charge in [-0.3, -0.25) is 0 Å². The first-order chi connectivity index (χ1) is 18.5. The van der Waals surface area contributed by atoms with Crippen molar-refractivity contribution in [2.24, 2.45) is 16.1 Å². The van der Waals surface area contributed by atoms with E-state index in [2.05, 4.69) is 104 Å². The molecule has 0 fully saturated rings. The number of rotatable bonds is 6. The summed E-state index contributed by atoms with van der Waals surface area (Å²) in [7, 11) is 0. The maximum Gasteiger partial charge on any atom is 0.134 e. The molecule has 2 aliphatic heterocycles. The van der Waals surface area contributed by atoms with Gasteiger partial charge in [-0.1, -0.05) is 60.3 Å². The smallest absolute Gasteiger partial charge is 0.134 e. The quantitative estimate of drug-likeness (QED) is 0.257. The molecule has 6 heteroatoms. The second kappa shape index (κ2) is 9.84. The highest BCUT2D eigenvalue weighted by molar-refractivity contribution is 8.16. The van der Waals surface area contributed by atoms with Crippen LogP contribution in [0.1, 0.15) is 47.2 Å². The largest absolute Gasteiger partial charge is 0.456 e. The fraction of sp³-hybridized carbons (Fsp3) is 0.250. The molecule has 5 nitrogen and oxygen atoms in total. The maximum absolute atomic E-state index is 6.67. The molecule has 0 amide bonds. The molecule has 0 radical (unpaired) electrons. The number of benzene rings is 3. The van der Waals surface area contributed by atoms with Crippen LogP contribution in [0.15, 0.2) is 83.0 Å². The molecule has 2 N–H and O–H groups in total. The van der Waals surface area contributed by atoms with E-state index in [4.69, 9.17) is 9.84 Å². The molecule has 6 rings (SSSR count). The van der Waals surface area contributed by atoms with E-state index < -0.39 is 4.75 Å². The Morgan fingerprint density at radius 2 is 1.47 bits per heavy atom. The van der Waals surface area contributed by atoms with E-state index in [1.54, 1.807) is 11.8 Å². The van der Waals surface area contributed by atoms with Gasteiger partial charge in [0.15, 0.2) is 0 Å². The minimum Gasteiger partial charge on any atom is -0.456 e. The highest BCUT2D eigenvalue weighted by Crippen LogP contribution is 2.63. The summed E-state index contributed by atoms with van der Waals surface area (Å²) in [6.45, 7) is 10.3. The van der Waals surface area contributed by atoms with Gasteiger partial charge in [0.1, 0.15) is 21.3 Å². The molecule has 192 valence electrons. The van der Waals surface area contributed by atoms with E-state index in [1.807, 2.05) is 18.4 Å². The molecule has 38 heavy (non-hydrogen) atoms. The first-order valence-electron chi connectivity index (χ1n) is 13.3. The van der Waals surface area contributed by atoms with Gasteiger partial charge in [-0.05, 0) is 56.5 Å². The van der Waals surface area contributed by atoms with Crippen molar-refractivity contribution in [3.8, 4) is 11.5 Å². The lowest BCUT2D eigenvalue weighted by Gasteiger charge is -2.38. The molecular formula is C32H32N4OS. The van der Waals surface area contributed by atoms with Crippen LogP contribution in [-0.2, 0) is 4.75 Å². The average Bonchev–Trinajstić information content (AvgIpc) is 3.54. The maximum atomic E-state index is 6.67. The van der Waals surface area contributed by atoms with E-state index in [1.165, 1.54) is 16.7 Å². The first-order valence-corrected chi connectivity index (χ1v) is 14.1. The van der Waals surface area contributed by atoms with Gasteiger partial charge >= 0.3 is 0 Å². The minimum absolute atomic E-state index is 0.193. The third kappa shape index (κ3) is 3.95. The highest BCUT2D eigenvalue weighted by atomic mass is 32.2. The first kappa shape index (κ1) is 24.6. The molecule has 0 aromatic heterocycles. The monoisotopic (exact) mass is 520 g/mol. The predicted octanol–water partition coefficient (Wildman–Crippen LogP) is 7.79. The lowest BCUT2D eigenvalue weighted by molar-refractivity contribution is 0.448. The van der Waals surface area contributed by atoms with Gasteiger partial charge in [-0.2, -0.15) is 5.10 Å². The highest BCUT2D eigenvalue weighted by Gasteiger charge is 2.51. The van der Waals surface area contributed by atoms with Gasteiger partial charge < -0.3 is 15.4 Å². The topological polar surface area (TPSA) is 58.0 Å². The number of aryl methyl sites for hydroxylation is 2. The molecule has 3 aromatic rings. The van der Waals surface area contributed by atoms with Crippen molar-refractivity contribution in [2.45, 2.75) is 32.4 Å². The number of allylic oxidation sites excluding steroid dienone is 4. The molecule has 3 aliphatic rings. The Bertz CT molecular complexity index is 1460. The molecule has 3 aromatic carbocycles. The van der Waals surface area contributed by atoms with Gasteiger partial charge in [-0.25, -0.2) is 0 Å². The van der Waals surface area contributed by atoms with Gasteiger partial charge in [-0.15, -0.1) is 5.10 Å². The Morgan fingerprint density at radius 3 is 2.08 bits per heavy atom. The average molecular weight is 521 g/mol. The zero-order valence-electron chi connectivity index (χ0n) is 22.2. The molecule has 0 unspecified atom stereocenters. The summed E-state index contributed by atoms with van der Waals surface area (Å²) in [4.78, 5) is 0. The molecule has 1 aliphatic carbocycles. The number of ether oxygens (including phenoxy) is 1. The van der Waals surface area contributed by atoms with Crippen molar-refractivity contribution in [2.75, 3.05) is 23.7 Å². The molecule has 0 saturated carbocycles. The van der Waals surface area contributed by atoms with Gasteiger partial charge in [0, 0.05) is 65.4 Å². The fourth-order valence-corrected chi connectivity index (χ4v) is 7.03. The number of hydrogen-bond acceptors (Lipinski definition) is 6. The van der Waals surface area contributed by atoms with E-state index >= 15 is 0 Å². The van der Waals surface area contributed by atoms with Gasteiger partial charge in [0.2, 0.25) is 0 Å². The zero-order chi connectivity index (χ0) is 26.3. The Balaban J connectivity index is 1.58. The van der Waals surface area contributed by atoms with Crippen molar-refractivity contribution >= 4 is 34.4 Å². The standard InChI is InChI=1S/C32H32N4OS/c1-5-33-27-17-29-25(15-20(27)3)32(26-16-21(4)28(34-6-2)18-30(26)37-29)24-14-10-9-13-23(24)31(38-32)36-35-19-22-11-7-8-12-22/h7-19,22,33-34H,5-6H2,1-4H3/b35-19+,36-31+. The van der Waals surface area contributed by atoms with Crippen molar-refractivity contribution in [3.05, 3.63) is 106 Å². The second-order valence-electron chi connectivity index (χ2n) is 9.83. The number of nitrogens with zero attached hydrogens (tertiary/aromatic N) is 2. The molecular weight excluding hydrogens is 488 g/mol. The third-order valence-corrected chi connectivity index (χ3v) is 8.78. The Morgan fingerprint density at radius 1 is 0.868 bits per heavy atom. The number of fused-ring (bicyclic) bond motifs is 6. The van der Waals surface area contributed by atoms with Gasteiger partial charge in [0.25, 0.3) is 0 Å². The minimum atomic E-state index is -0.494. The van der Waals surface area contributed by atoms with Gasteiger partial charge in [0.05, 0.1) is 0 Å². The number of nitrogens with one attached hydrogen (secondary N) is 2. The summed E-state index contributed by atoms with van der Waals surface area (Å²) in [5, 5.41) is 17.2. The van der Waals surface area contributed by atoms with Crippen LogP contribution in [0.2, 0.25) is 0 Å². The lowest BCUT2D eigenvalue weighted by atomic mass is 9.79. The lowest BCUT2D eigenvalue weighted by Crippen LogP contribution is -2.28. The van der Waals surface area contributed by atoms with E-state index in [9.17, 15) is 0 Å². The van der Waals surface area contributed by atoms with E-state index in [0.29, 0.717) is 0 Å². The SMILES string of the molecule is CCNc1cc2c(cc1C)C1(S/C(=N/N=C/C3C=CC=C3)c3ccccc31)c1cc(C)c(NCC)cc1O2. The Kier molecular flexibility index (Phi) is 6.36. The van der Waals surface area contributed by atoms with Crippen molar-refractivity contribution in [1.29, 1.82) is 0 Å².